The summed E-state index contributed by atoms with van der Waals surface area (Å²) in [5.41, 5.74) is 4.07. The molecule has 0 spiro atoms. The molecule has 1 saturated carbocycles. The maximum absolute atomic E-state index is 13.0. The van der Waals surface area contributed by atoms with Gasteiger partial charge >= 0.3 is 0 Å². The van der Waals surface area contributed by atoms with Gasteiger partial charge in [-0.2, -0.15) is 0 Å². The van der Waals surface area contributed by atoms with Gasteiger partial charge in [0.25, 0.3) is 0 Å². The molecule has 4 aromatic rings. The molecular formula is C31H32N2O2S. The zero-order chi connectivity index (χ0) is 24.6. The minimum Gasteiger partial charge on any atom is -0.489 e. The molecule has 36 heavy (non-hydrogen) atoms. The molecule has 0 bridgehead atoms. The van der Waals surface area contributed by atoms with E-state index in [0.29, 0.717) is 18.9 Å². The summed E-state index contributed by atoms with van der Waals surface area (Å²) in [5.74, 6) is 1.50. The molecule has 0 radical (unpaired) electrons. The average Bonchev–Trinajstić information content (AvgIpc) is 3.37. The molecule has 1 fully saturated rings. The number of nitrogens with one attached hydrogen (secondary N) is 1. The third kappa shape index (κ3) is 6.61. The molecule has 1 aliphatic rings. The Balaban J connectivity index is 1.31. The summed E-state index contributed by atoms with van der Waals surface area (Å²) in [6.45, 7) is 1.31. The number of rotatable bonds is 9. The van der Waals surface area contributed by atoms with E-state index in [9.17, 15) is 4.79 Å². The zero-order valence-corrected chi connectivity index (χ0v) is 21.3. The Morgan fingerprint density at radius 2 is 1.69 bits per heavy atom. The molecule has 1 aromatic heterocycles. The number of amides is 1. The van der Waals surface area contributed by atoms with Crippen LogP contribution in [-0.4, -0.2) is 17.4 Å². The second kappa shape index (κ2) is 12.0. The number of aromatic nitrogens is 1. The third-order valence-electron chi connectivity index (χ3n) is 6.70. The van der Waals surface area contributed by atoms with Crippen LogP contribution in [0.1, 0.15) is 54.7 Å². The monoisotopic (exact) mass is 496 g/mol. The Kier molecular flexibility index (Phi) is 8.09. The predicted octanol–water partition coefficient (Wildman–Crippen LogP) is 7.50. The van der Waals surface area contributed by atoms with E-state index in [0.717, 1.165) is 44.2 Å². The van der Waals surface area contributed by atoms with E-state index < -0.39 is 0 Å². The minimum atomic E-state index is 0.0638. The first kappa shape index (κ1) is 24.3. The van der Waals surface area contributed by atoms with Crippen LogP contribution < -0.4 is 10.1 Å². The normalized spacial score (nSPS) is 14.6. The SMILES string of the molecule is O=C(C/C(=C/c1ccc(OCc2ccccc2)cc1)c1nc2ccccc2s1)NCC1CCCCC1. The smallest absolute Gasteiger partial charge is 0.224 e. The highest BCUT2D eigenvalue weighted by molar-refractivity contribution is 7.19. The molecule has 4 nitrogen and oxygen atoms in total. The molecule has 0 atom stereocenters. The van der Waals surface area contributed by atoms with Gasteiger partial charge in [0.1, 0.15) is 17.4 Å². The van der Waals surface area contributed by atoms with Gasteiger partial charge in [0.2, 0.25) is 5.91 Å². The number of ether oxygens (including phenoxy) is 1. The second-order valence-electron chi connectivity index (χ2n) is 9.48. The van der Waals surface area contributed by atoms with Gasteiger partial charge in [0.05, 0.1) is 16.6 Å². The van der Waals surface area contributed by atoms with Gasteiger partial charge in [-0.1, -0.05) is 73.9 Å². The quantitative estimate of drug-likeness (QED) is 0.261. The van der Waals surface area contributed by atoms with E-state index in [2.05, 4.69) is 29.6 Å². The summed E-state index contributed by atoms with van der Waals surface area (Å²) in [6.07, 6.45) is 8.73. The van der Waals surface area contributed by atoms with Crippen molar-refractivity contribution in [3.63, 3.8) is 0 Å². The first-order valence-electron chi connectivity index (χ1n) is 12.8. The lowest BCUT2D eigenvalue weighted by Gasteiger charge is -2.21. The largest absolute Gasteiger partial charge is 0.489 e. The number of fused-ring (bicyclic) bond motifs is 1. The van der Waals surface area contributed by atoms with E-state index in [1.165, 1.54) is 32.1 Å². The van der Waals surface area contributed by atoms with Crippen molar-refractivity contribution in [1.82, 2.24) is 10.3 Å². The molecule has 1 heterocycles. The maximum atomic E-state index is 13.0. The van der Waals surface area contributed by atoms with Crippen LogP contribution in [0.2, 0.25) is 0 Å². The van der Waals surface area contributed by atoms with Crippen molar-refractivity contribution in [2.75, 3.05) is 6.54 Å². The van der Waals surface area contributed by atoms with Crippen LogP contribution in [-0.2, 0) is 11.4 Å². The van der Waals surface area contributed by atoms with E-state index in [4.69, 9.17) is 9.72 Å². The number of thiazole rings is 1. The van der Waals surface area contributed by atoms with Gasteiger partial charge in [-0.15, -0.1) is 11.3 Å². The van der Waals surface area contributed by atoms with Crippen molar-refractivity contribution in [2.45, 2.75) is 45.1 Å². The molecular weight excluding hydrogens is 464 g/mol. The minimum absolute atomic E-state index is 0.0638. The average molecular weight is 497 g/mol. The van der Waals surface area contributed by atoms with Gasteiger partial charge in [-0.05, 0) is 65.8 Å². The fourth-order valence-corrected chi connectivity index (χ4v) is 5.66. The fourth-order valence-electron chi connectivity index (χ4n) is 4.69. The summed E-state index contributed by atoms with van der Waals surface area (Å²) in [5, 5.41) is 4.09. The van der Waals surface area contributed by atoms with Crippen LogP contribution in [0.5, 0.6) is 5.75 Å². The molecule has 184 valence electrons. The highest BCUT2D eigenvalue weighted by Gasteiger charge is 2.17. The molecule has 0 unspecified atom stereocenters. The first-order chi connectivity index (χ1) is 17.7. The summed E-state index contributed by atoms with van der Waals surface area (Å²) < 4.78 is 7.07. The van der Waals surface area contributed by atoms with Crippen LogP contribution >= 0.6 is 11.3 Å². The third-order valence-corrected chi connectivity index (χ3v) is 7.81. The van der Waals surface area contributed by atoms with Gasteiger partial charge in [0, 0.05) is 6.54 Å². The van der Waals surface area contributed by atoms with Crippen LogP contribution in [0.3, 0.4) is 0 Å². The molecule has 1 amide bonds. The van der Waals surface area contributed by atoms with Crippen molar-refractivity contribution >= 4 is 39.1 Å². The number of carbonyl (C=O) groups excluding carboxylic acids is 1. The Morgan fingerprint density at radius 3 is 2.47 bits per heavy atom. The summed E-state index contributed by atoms with van der Waals surface area (Å²) >= 11 is 1.64. The fraction of sp³-hybridized carbons (Fsp3) is 0.290. The molecule has 5 rings (SSSR count). The van der Waals surface area contributed by atoms with Crippen molar-refractivity contribution in [1.29, 1.82) is 0 Å². The maximum Gasteiger partial charge on any atom is 0.224 e. The number of hydrogen-bond donors (Lipinski definition) is 1. The molecule has 0 aliphatic heterocycles. The van der Waals surface area contributed by atoms with Gasteiger partial charge < -0.3 is 10.1 Å². The van der Waals surface area contributed by atoms with Gasteiger partial charge in [-0.3, -0.25) is 4.79 Å². The van der Waals surface area contributed by atoms with Crippen molar-refractivity contribution < 1.29 is 9.53 Å². The number of benzene rings is 3. The Hall–Kier alpha value is -3.44. The van der Waals surface area contributed by atoms with Crippen molar-refractivity contribution in [3.05, 3.63) is 95.0 Å². The molecule has 1 N–H and O–H groups in total. The summed E-state index contributed by atoms with van der Waals surface area (Å²) in [4.78, 5) is 17.8. The van der Waals surface area contributed by atoms with Gasteiger partial charge in [-0.25, -0.2) is 4.98 Å². The number of hydrogen-bond acceptors (Lipinski definition) is 4. The van der Waals surface area contributed by atoms with Crippen LogP contribution in [0.15, 0.2) is 78.9 Å². The molecule has 0 saturated heterocycles. The van der Waals surface area contributed by atoms with Gasteiger partial charge in [0.15, 0.2) is 0 Å². The highest BCUT2D eigenvalue weighted by atomic mass is 32.1. The Morgan fingerprint density at radius 1 is 0.944 bits per heavy atom. The van der Waals surface area contributed by atoms with Crippen LogP contribution in [0.4, 0.5) is 0 Å². The van der Waals surface area contributed by atoms with E-state index in [-0.39, 0.29) is 5.91 Å². The lowest BCUT2D eigenvalue weighted by molar-refractivity contribution is -0.120. The summed E-state index contributed by atoms with van der Waals surface area (Å²) in [6, 6.07) is 26.3. The van der Waals surface area contributed by atoms with Crippen molar-refractivity contribution in [3.8, 4) is 5.75 Å². The van der Waals surface area contributed by atoms with E-state index in [1.807, 2.05) is 60.7 Å². The van der Waals surface area contributed by atoms with E-state index >= 15 is 0 Å². The molecule has 1 aliphatic carbocycles. The zero-order valence-electron chi connectivity index (χ0n) is 20.5. The Bertz CT molecular complexity index is 1270. The number of carbonyl (C=O) groups is 1. The highest BCUT2D eigenvalue weighted by Crippen LogP contribution is 2.31. The lowest BCUT2D eigenvalue weighted by Crippen LogP contribution is -2.30. The summed E-state index contributed by atoms with van der Waals surface area (Å²) in [7, 11) is 0. The van der Waals surface area contributed by atoms with Crippen LogP contribution in [0.25, 0.3) is 21.9 Å². The molecule has 5 heteroatoms. The van der Waals surface area contributed by atoms with E-state index in [1.54, 1.807) is 11.3 Å². The second-order valence-corrected chi connectivity index (χ2v) is 10.5. The number of nitrogens with zero attached hydrogens (tertiary/aromatic N) is 1. The number of para-hydroxylation sites is 1. The predicted molar refractivity (Wildman–Crippen MR) is 149 cm³/mol. The van der Waals surface area contributed by atoms with Crippen LogP contribution in [0, 0.1) is 5.92 Å². The Labute approximate surface area is 217 Å². The standard InChI is InChI=1S/C31H32N2O2S/c34-30(32-21-24-9-3-1-4-10-24)20-26(31-33-28-13-7-8-14-29(28)36-31)19-23-15-17-27(18-16-23)35-22-25-11-5-2-6-12-25/h2,5-8,11-19,24H,1,3-4,9-10,20-22H2,(H,32,34)/b26-19-. The van der Waals surface area contributed by atoms with Crippen molar-refractivity contribution in [2.24, 2.45) is 5.92 Å². The molecule has 3 aromatic carbocycles. The lowest BCUT2D eigenvalue weighted by atomic mass is 9.89. The first-order valence-corrected chi connectivity index (χ1v) is 13.6. The topological polar surface area (TPSA) is 51.2 Å².